The fraction of sp³-hybridized carbons (Fsp3) is 0.375. The van der Waals surface area contributed by atoms with Crippen LogP contribution in [0.15, 0.2) is 35.5 Å². The van der Waals surface area contributed by atoms with Crippen LogP contribution in [0.4, 0.5) is 5.69 Å². The molecule has 2 aromatic rings. The van der Waals surface area contributed by atoms with Crippen molar-refractivity contribution in [2.45, 2.75) is 11.4 Å². The zero-order valence-corrected chi connectivity index (χ0v) is 14.6. The van der Waals surface area contributed by atoms with Crippen molar-refractivity contribution >= 4 is 29.3 Å². The van der Waals surface area contributed by atoms with Crippen molar-refractivity contribution in [3.8, 4) is 5.75 Å². The van der Waals surface area contributed by atoms with Gasteiger partial charge in [0.2, 0.25) is 11.8 Å². The van der Waals surface area contributed by atoms with Crippen molar-refractivity contribution in [2.24, 2.45) is 5.92 Å². The Morgan fingerprint density at radius 3 is 3.08 bits per heavy atom. The van der Waals surface area contributed by atoms with Gasteiger partial charge in [-0.05, 0) is 12.1 Å². The lowest BCUT2D eigenvalue weighted by atomic mass is 10.1. The van der Waals surface area contributed by atoms with Crippen LogP contribution in [0.25, 0.3) is 0 Å². The van der Waals surface area contributed by atoms with Gasteiger partial charge < -0.3 is 15.0 Å². The second-order valence-electron chi connectivity index (χ2n) is 5.52. The van der Waals surface area contributed by atoms with Crippen LogP contribution in [-0.4, -0.2) is 53.2 Å². The summed E-state index contributed by atoms with van der Waals surface area (Å²) in [6.45, 7) is 0.872. The van der Waals surface area contributed by atoms with E-state index in [9.17, 15) is 9.59 Å². The first-order valence-electron chi connectivity index (χ1n) is 7.88. The summed E-state index contributed by atoms with van der Waals surface area (Å²) >= 11 is 1.50. The summed E-state index contributed by atoms with van der Waals surface area (Å²) in [4.78, 5) is 26.2. The highest BCUT2D eigenvalue weighted by Crippen LogP contribution is 2.32. The molecule has 3 rings (SSSR count). The standard InChI is InChI=1S/C16H19N5O3S/c1-24-13-5-3-2-4-12(13)21-10-11(8-15(21)22)16(23)17-6-7-25-14-9-18-20-19-14/h2-5,9,11H,6-8,10H2,1H3,(H,17,23)(H,18,19,20)/t11-/m0/s1. The van der Waals surface area contributed by atoms with Crippen LogP contribution in [0, 0.1) is 5.92 Å². The first-order chi connectivity index (χ1) is 12.2. The number of ether oxygens (including phenoxy) is 1. The third-order valence-electron chi connectivity index (χ3n) is 3.92. The van der Waals surface area contributed by atoms with Crippen LogP contribution < -0.4 is 15.0 Å². The number of hydrogen-bond acceptors (Lipinski definition) is 6. The number of nitrogens with one attached hydrogen (secondary N) is 2. The number of anilines is 1. The zero-order chi connectivity index (χ0) is 17.6. The number of aromatic amines is 1. The Morgan fingerprint density at radius 2 is 2.32 bits per heavy atom. The van der Waals surface area contributed by atoms with Crippen LogP contribution >= 0.6 is 11.8 Å². The predicted molar refractivity (Wildman–Crippen MR) is 93.6 cm³/mol. The first kappa shape index (κ1) is 17.3. The molecule has 8 nitrogen and oxygen atoms in total. The smallest absolute Gasteiger partial charge is 0.227 e. The first-order valence-corrected chi connectivity index (χ1v) is 8.87. The van der Waals surface area contributed by atoms with Gasteiger partial charge in [-0.2, -0.15) is 10.3 Å². The number of hydrogen-bond donors (Lipinski definition) is 2. The van der Waals surface area contributed by atoms with E-state index in [2.05, 4.69) is 20.7 Å². The van der Waals surface area contributed by atoms with E-state index >= 15 is 0 Å². The number of H-pyrrole nitrogens is 1. The van der Waals surface area contributed by atoms with Crippen molar-refractivity contribution < 1.29 is 14.3 Å². The minimum atomic E-state index is -0.352. The lowest BCUT2D eigenvalue weighted by molar-refractivity contribution is -0.126. The summed E-state index contributed by atoms with van der Waals surface area (Å²) in [6.07, 6.45) is 1.84. The van der Waals surface area contributed by atoms with E-state index in [0.29, 0.717) is 30.3 Å². The molecule has 1 aromatic heterocycles. The lowest BCUT2D eigenvalue weighted by Crippen LogP contribution is -2.34. The average Bonchev–Trinajstić information content (AvgIpc) is 3.28. The van der Waals surface area contributed by atoms with Crippen LogP contribution in [0.1, 0.15) is 6.42 Å². The monoisotopic (exact) mass is 361 g/mol. The molecule has 1 aliphatic heterocycles. The van der Waals surface area contributed by atoms with Crippen molar-refractivity contribution in [3.05, 3.63) is 30.5 Å². The Kier molecular flexibility index (Phi) is 5.54. The molecule has 1 fully saturated rings. The van der Waals surface area contributed by atoms with E-state index in [1.165, 1.54) is 11.8 Å². The Bertz CT molecular complexity index is 737. The van der Waals surface area contributed by atoms with Gasteiger partial charge in [-0.1, -0.05) is 12.1 Å². The molecule has 9 heteroatoms. The number of carbonyl (C=O) groups is 2. The molecule has 132 valence electrons. The van der Waals surface area contributed by atoms with E-state index in [0.717, 1.165) is 5.03 Å². The number of benzene rings is 1. The van der Waals surface area contributed by atoms with Crippen LogP contribution in [0.2, 0.25) is 0 Å². The van der Waals surface area contributed by atoms with Gasteiger partial charge >= 0.3 is 0 Å². The number of thioether (sulfide) groups is 1. The molecule has 25 heavy (non-hydrogen) atoms. The molecular formula is C16H19N5O3S. The molecule has 1 atom stereocenters. The predicted octanol–water partition coefficient (Wildman–Crippen LogP) is 1.07. The summed E-state index contributed by atoms with van der Waals surface area (Å²) in [6, 6.07) is 7.32. The highest BCUT2D eigenvalue weighted by atomic mass is 32.2. The number of amides is 2. The van der Waals surface area contributed by atoms with E-state index in [1.807, 2.05) is 18.2 Å². The van der Waals surface area contributed by atoms with Gasteiger partial charge in [0.25, 0.3) is 0 Å². The molecular weight excluding hydrogens is 342 g/mol. The van der Waals surface area contributed by atoms with Crippen molar-refractivity contribution in [1.29, 1.82) is 0 Å². The molecule has 2 heterocycles. The maximum absolute atomic E-state index is 12.3. The van der Waals surface area contributed by atoms with Crippen LogP contribution in [-0.2, 0) is 9.59 Å². The third-order valence-corrected chi connectivity index (χ3v) is 4.82. The van der Waals surface area contributed by atoms with Gasteiger partial charge in [-0.25, -0.2) is 0 Å². The van der Waals surface area contributed by atoms with Gasteiger partial charge in [-0.3, -0.25) is 9.59 Å². The second-order valence-corrected chi connectivity index (χ2v) is 6.64. The molecule has 1 aliphatic rings. The van der Waals surface area contributed by atoms with Crippen molar-refractivity contribution in [1.82, 2.24) is 20.7 Å². The second kappa shape index (κ2) is 8.02. The van der Waals surface area contributed by atoms with Crippen LogP contribution in [0.5, 0.6) is 5.75 Å². The maximum Gasteiger partial charge on any atom is 0.227 e. The third kappa shape index (κ3) is 4.11. The summed E-state index contributed by atoms with van der Waals surface area (Å²) in [7, 11) is 1.57. The summed E-state index contributed by atoms with van der Waals surface area (Å²) in [5, 5.41) is 13.9. The molecule has 0 bridgehead atoms. The Hall–Kier alpha value is -2.55. The SMILES string of the molecule is COc1ccccc1N1C[C@@H](C(=O)NCCSc2cn[nH]n2)CC1=O. The molecule has 0 spiro atoms. The van der Waals surface area contributed by atoms with Crippen molar-refractivity contribution in [2.75, 3.05) is 30.9 Å². The number of aromatic nitrogens is 3. The summed E-state index contributed by atoms with van der Waals surface area (Å²) < 4.78 is 5.31. The highest BCUT2D eigenvalue weighted by Gasteiger charge is 2.36. The van der Waals surface area contributed by atoms with Gasteiger partial charge in [0.15, 0.2) is 0 Å². The molecule has 1 saturated heterocycles. The summed E-state index contributed by atoms with van der Waals surface area (Å²) in [5.41, 5.74) is 0.701. The van der Waals surface area contributed by atoms with Crippen molar-refractivity contribution in [3.63, 3.8) is 0 Å². The Morgan fingerprint density at radius 1 is 1.48 bits per heavy atom. The fourth-order valence-electron chi connectivity index (χ4n) is 2.70. The van der Waals surface area contributed by atoms with Gasteiger partial charge in [-0.15, -0.1) is 16.9 Å². The van der Waals surface area contributed by atoms with E-state index in [4.69, 9.17) is 4.74 Å². The number of carbonyl (C=O) groups excluding carboxylic acids is 2. The topological polar surface area (TPSA) is 100 Å². The lowest BCUT2D eigenvalue weighted by Gasteiger charge is -2.19. The normalized spacial score (nSPS) is 16.9. The Balaban J connectivity index is 1.52. The number of rotatable bonds is 7. The van der Waals surface area contributed by atoms with Crippen LogP contribution in [0.3, 0.4) is 0 Å². The summed E-state index contributed by atoms with van der Waals surface area (Å²) in [5.74, 6) is 0.790. The van der Waals surface area contributed by atoms with E-state index in [1.54, 1.807) is 24.3 Å². The minimum Gasteiger partial charge on any atom is -0.495 e. The van der Waals surface area contributed by atoms with E-state index < -0.39 is 0 Å². The molecule has 0 aliphatic carbocycles. The van der Waals surface area contributed by atoms with Gasteiger partial charge in [0.1, 0.15) is 10.8 Å². The minimum absolute atomic E-state index is 0.0679. The zero-order valence-electron chi connectivity index (χ0n) is 13.8. The highest BCUT2D eigenvalue weighted by molar-refractivity contribution is 7.99. The largest absolute Gasteiger partial charge is 0.495 e. The molecule has 0 radical (unpaired) electrons. The van der Waals surface area contributed by atoms with Gasteiger partial charge in [0, 0.05) is 25.3 Å². The quantitative estimate of drug-likeness (QED) is 0.565. The molecule has 2 amide bonds. The number of methoxy groups -OCH3 is 1. The van der Waals surface area contributed by atoms with E-state index in [-0.39, 0.29) is 24.2 Å². The number of para-hydroxylation sites is 2. The van der Waals surface area contributed by atoms with Gasteiger partial charge in [0.05, 0.1) is 24.9 Å². The fourth-order valence-corrected chi connectivity index (χ4v) is 3.35. The molecule has 0 unspecified atom stereocenters. The molecule has 0 saturated carbocycles. The Labute approximate surface area is 149 Å². The number of nitrogens with zero attached hydrogens (tertiary/aromatic N) is 3. The average molecular weight is 361 g/mol. The maximum atomic E-state index is 12.3. The molecule has 2 N–H and O–H groups in total. The molecule has 1 aromatic carbocycles.